The number of methoxy groups -OCH3 is 1. The second-order valence-corrected chi connectivity index (χ2v) is 8.62. The van der Waals surface area contributed by atoms with Gasteiger partial charge in [0.2, 0.25) is 0 Å². The summed E-state index contributed by atoms with van der Waals surface area (Å²) in [5, 5.41) is 30.2. The lowest BCUT2D eigenvalue weighted by Gasteiger charge is -2.25. The van der Waals surface area contributed by atoms with Crippen LogP contribution in [0, 0.1) is 0 Å². The number of aliphatic hydroxyl groups is 3. The predicted octanol–water partition coefficient (Wildman–Crippen LogP) is 5.39. The Morgan fingerprint density at radius 1 is 0.774 bits per heavy atom. The molecule has 0 unspecified atom stereocenters. The number of unbranched alkanes of at least 4 members (excludes halogenated alkanes) is 11. The van der Waals surface area contributed by atoms with Gasteiger partial charge in [-0.1, -0.05) is 96.1 Å². The minimum Gasteiger partial charge on any atom is -0.497 e. The molecule has 0 fully saturated rings. The fourth-order valence-corrected chi connectivity index (χ4v) is 3.80. The maximum Gasteiger partial charge on any atom is 0.118 e. The first kappa shape index (κ1) is 27.9. The van der Waals surface area contributed by atoms with Crippen LogP contribution in [-0.4, -0.2) is 47.3 Å². The Bertz CT molecular complexity index is 519. The summed E-state index contributed by atoms with van der Waals surface area (Å²) in [7, 11) is 1.61. The smallest absolute Gasteiger partial charge is 0.118 e. The van der Waals surface area contributed by atoms with Crippen molar-refractivity contribution in [1.29, 1.82) is 0 Å². The minimum atomic E-state index is -1.09. The van der Waals surface area contributed by atoms with Crippen LogP contribution in [-0.2, 0) is 11.3 Å². The van der Waals surface area contributed by atoms with Crippen molar-refractivity contribution in [3.8, 4) is 5.75 Å². The average molecular weight is 439 g/mol. The van der Waals surface area contributed by atoms with Crippen molar-refractivity contribution >= 4 is 0 Å². The largest absolute Gasteiger partial charge is 0.497 e. The van der Waals surface area contributed by atoms with E-state index in [1.54, 1.807) is 7.11 Å². The summed E-state index contributed by atoms with van der Waals surface area (Å²) in [4.78, 5) is 0. The first-order valence-corrected chi connectivity index (χ1v) is 12.3. The van der Waals surface area contributed by atoms with E-state index in [1.807, 2.05) is 24.3 Å². The second-order valence-electron chi connectivity index (χ2n) is 8.62. The van der Waals surface area contributed by atoms with Gasteiger partial charge in [-0.2, -0.15) is 0 Å². The summed E-state index contributed by atoms with van der Waals surface area (Å²) in [6.45, 7) is 2.19. The van der Waals surface area contributed by atoms with Crippen LogP contribution in [0.5, 0.6) is 5.75 Å². The molecule has 0 heterocycles. The number of hydrogen-bond donors (Lipinski definition) is 3. The predicted molar refractivity (Wildman–Crippen MR) is 126 cm³/mol. The van der Waals surface area contributed by atoms with Gasteiger partial charge in [0.05, 0.1) is 26.4 Å². The highest BCUT2D eigenvalue weighted by Gasteiger charge is 2.26. The maximum absolute atomic E-state index is 10.4. The molecule has 0 spiro atoms. The van der Waals surface area contributed by atoms with Gasteiger partial charge < -0.3 is 24.8 Å². The van der Waals surface area contributed by atoms with E-state index in [2.05, 4.69) is 6.92 Å². The van der Waals surface area contributed by atoms with E-state index >= 15 is 0 Å². The molecule has 5 nitrogen and oxygen atoms in total. The third-order valence-corrected chi connectivity index (χ3v) is 5.93. The van der Waals surface area contributed by atoms with Crippen molar-refractivity contribution in [3.63, 3.8) is 0 Å². The molecule has 180 valence electrons. The highest BCUT2D eigenvalue weighted by atomic mass is 16.5. The van der Waals surface area contributed by atoms with Crippen molar-refractivity contribution in [2.45, 2.75) is 115 Å². The van der Waals surface area contributed by atoms with Crippen LogP contribution in [0.2, 0.25) is 0 Å². The highest BCUT2D eigenvalue weighted by Crippen LogP contribution is 2.17. The fraction of sp³-hybridized carbons (Fsp3) is 0.769. The van der Waals surface area contributed by atoms with Gasteiger partial charge in [-0.15, -0.1) is 0 Å². The van der Waals surface area contributed by atoms with Crippen LogP contribution in [0.4, 0.5) is 0 Å². The van der Waals surface area contributed by atoms with Crippen LogP contribution < -0.4 is 4.74 Å². The zero-order valence-corrected chi connectivity index (χ0v) is 19.8. The quantitative estimate of drug-likeness (QED) is 0.238. The summed E-state index contributed by atoms with van der Waals surface area (Å²) >= 11 is 0. The number of rotatable bonds is 20. The first-order valence-electron chi connectivity index (χ1n) is 12.3. The summed E-state index contributed by atoms with van der Waals surface area (Å²) in [5.41, 5.74) is 0.918. The van der Waals surface area contributed by atoms with Crippen LogP contribution in [0.3, 0.4) is 0 Å². The maximum atomic E-state index is 10.4. The van der Waals surface area contributed by atoms with Crippen molar-refractivity contribution in [3.05, 3.63) is 29.8 Å². The van der Waals surface area contributed by atoms with Gasteiger partial charge in [0.1, 0.15) is 18.0 Å². The molecule has 3 N–H and O–H groups in total. The van der Waals surface area contributed by atoms with Crippen molar-refractivity contribution in [2.24, 2.45) is 0 Å². The first-order chi connectivity index (χ1) is 15.1. The molecule has 31 heavy (non-hydrogen) atoms. The van der Waals surface area contributed by atoms with Gasteiger partial charge in [0.25, 0.3) is 0 Å². The molecule has 0 bridgehead atoms. The van der Waals surface area contributed by atoms with Gasteiger partial charge in [0, 0.05) is 0 Å². The van der Waals surface area contributed by atoms with Crippen molar-refractivity contribution in [2.75, 3.05) is 13.7 Å². The fourth-order valence-electron chi connectivity index (χ4n) is 3.80. The van der Waals surface area contributed by atoms with Crippen LogP contribution in [0.1, 0.15) is 96.0 Å². The van der Waals surface area contributed by atoms with Gasteiger partial charge in [-0.3, -0.25) is 0 Å². The molecular weight excluding hydrogens is 392 g/mol. The zero-order valence-electron chi connectivity index (χ0n) is 19.8. The average Bonchev–Trinajstić information content (AvgIpc) is 2.80. The van der Waals surface area contributed by atoms with Gasteiger partial charge in [-0.05, 0) is 24.1 Å². The van der Waals surface area contributed by atoms with Crippen LogP contribution >= 0.6 is 0 Å². The van der Waals surface area contributed by atoms with Gasteiger partial charge in [0.15, 0.2) is 0 Å². The Morgan fingerprint density at radius 3 is 1.77 bits per heavy atom. The molecule has 1 rings (SSSR count). The van der Waals surface area contributed by atoms with E-state index in [0.29, 0.717) is 6.42 Å². The number of hydrogen-bond acceptors (Lipinski definition) is 5. The zero-order chi connectivity index (χ0) is 22.7. The Morgan fingerprint density at radius 2 is 1.29 bits per heavy atom. The summed E-state index contributed by atoms with van der Waals surface area (Å²) in [6.07, 6.45) is 12.9. The van der Waals surface area contributed by atoms with Crippen LogP contribution in [0.25, 0.3) is 0 Å². The van der Waals surface area contributed by atoms with Crippen LogP contribution in [0.15, 0.2) is 24.3 Å². The third kappa shape index (κ3) is 13.1. The lowest BCUT2D eigenvalue weighted by Crippen LogP contribution is -2.41. The summed E-state index contributed by atoms with van der Waals surface area (Å²) in [6, 6.07) is 7.43. The number of benzene rings is 1. The molecule has 0 aromatic heterocycles. The minimum absolute atomic E-state index is 0.262. The summed E-state index contributed by atoms with van der Waals surface area (Å²) < 4.78 is 10.8. The normalized spacial score (nSPS) is 14.4. The molecule has 0 aliphatic carbocycles. The number of ether oxygens (including phenoxy) is 2. The molecule has 0 aliphatic heterocycles. The second kappa shape index (κ2) is 18.4. The van der Waals surface area contributed by atoms with E-state index in [0.717, 1.165) is 24.2 Å². The molecule has 1 aromatic carbocycles. The highest BCUT2D eigenvalue weighted by molar-refractivity contribution is 5.26. The van der Waals surface area contributed by atoms with Crippen molar-refractivity contribution < 1.29 is 24.8 Å². The van der Waals surface area contributed by atoms with Gasteiger partial charge >= 0.3 is 0 Å². The van der Waals surface area contributed by atoms with E-state index in [1.165, 1.54) is 64.2 Å². The molecule has 1 aromatic rings. The standard InChI is InChI=1S/C26H46O5/c1-3-4-5-6-7-8-9-10-11-12-13-14-15-24(28)26(29)25(20-27)31-21-22-16-18-23(30-2)19-17-22/h16-19,24-29H,3-15,20-21H2,1-2H3/t24-,25-,26-/m1/s1. The third-order valence-electron chi connectivity index (χ3n) is 5.93. The van der Waals surface area contributed by atoms with E-state index in [4.69, 9.17) is 9.47 Å². The van der Waals surface area contributed by atoms with E-state index in [-0.39, 0.29) is 13.2 Å². The Labute approximate surface area is 189 Å². The Hall–Kier alpha value is -1.14. The molecule has 5 heteroatoms. The molecule has 3 atom stereocenters. The van der Waals surface area contributed by atoms with Gasteiger partial charge in [-0.25, -0.2) is 0 Å². The number of aliphatic hydroxyl groups excluding tert-OH is 3. The Balaban J connectivity index is 2.10. The van der Waals surface area contributed by atoms with E-state index in [9.17, 15) is 15.3 Å². The molecule has 0 saturated heterocycles. The molecule has 0 saturated carbocycles. The monoisotopic (exact) mass is 438 g/mol. The molecule has 0 aliphatic rings. The lowest BCUT2D eigenvalue weighted by atomic mass is 10.0. The van der Waals surface area contributed by atoms with Crippen molar-refractivity contribution in [1.82, 2.24) is 0 Å². The summed E-state index contributed by atoms with van der Waals surface area (Å²) in [5.74, 6) is 0.764. The molecule has 0 radical (unpaired) electrons. The topological polar surface area (TPSA) is 79.2 Å². The Kier molecular flexibility index (Phi) is 16.6. The molecular formula is C26H46O5. The molecule has 0 amide bonds. The lowest BCUT2D eigenvalue weighted by molar-refractivity contribution is -0.114. The van der Waals surface area contributed by atoms with E-state index < -0.39 is 18.3 Å². The SMILES string of the molecule is CCCCCCCCCCCCCC[C@@H](O)[C@@H](O)[C@@H](CO)OCc1ccc(OC)cc1.